The Kier molecular flexibility index (Phi) is 4.38. The standard InChI is InChI=1S/C11H19N5O3S2/c1-7-9(10(12)14-17)11(15(2)13-7)16-4-5-20-6-8(16)21(3,18)19/h8,17H,4-6H2,1-3H3,(H2,12,14). The molecule has 8 nitrogen and oxygen atoms in total. The van der Waals surface area contributed by atoms with Gasteiger partial charge in [-0.25, -0.2) is 8.42 Å². The first-order chi connectivity index (χ1) is 9.77. The Morgan fingerprint density at radius 1 is 1.57 bits per heavy atom. The molecule has 0 bridgehead atoms. The van der Waals surface area contributed by atoms with Crippen molar-refractivity contribution in [1.82, 2.24) is 9.78 Å². The van der Waals surface area contributed by atoms with E-state index < -0.39 is 15.2 Å². The Morgan fingerprint density at radius 3 is 2.81 bits per heavy atom. The topological polar surface area (TPSA) is 114 Å². The van der Waals surface area contributed by atoms with Gasteiger partial charge < -0.3 is 15.8 Å². The quantitative estimate of drug-likeness (QED) is 0.339. The average Bonchev–Trinajstić information content (AvgIpc) is 2.71. The highest BCUT2D eigenvalue weighted by Crippen LogP contribution is 2.30. The molecule has 0 radical (unpaired) electrons. The third-order valence-electron chi connectivity index (χ3n) is 3.41. The summed E-state index contributed by atoms with van der Waals surface area (Å²) in [5.74, 6) is 1.80. The van der Waals surface area contributed by atoms with Crippen LogP contribution < -0.4 is 10.6 Å². The molecule has 10 heteroatoms. The molecule has 118 valence electrons. The highest BCUT2D eigenvalue weighted by molar-refractivity contribution is 8.01. The number of oxime groups is 1. The molecule has 21 heavy (non-hydrogen) atoms. The van der Waals surface area contributed by atoms with Gasteiger partial charge in [0.1, 0.15) is 11.2 Å². The fourth-order valence-corrected chi connectivity index (χ4v) is 5.32. The highest BCUT2D eigenvalue weighted by Gasteiger charge is 2.35. The van der Waals surface area contributed by atoms with Crippen molar-refractivity contribution in [3.05, 3.63) is 11.3 Å². The van der Waals surface area contributed by atoms with Crippen LogP contribution >= 0.6 is 11.8 Å². The van der Waals surface area contributed by atoms with Crippen LogP contribution in [0.25, 0.3) is 0 Å². The Balaban J connectivity index is 2.59. The predicted octanol–water partition coefficient (Wildman–Crippen LogP) is -0.253. The molecule has 2 heterocycles. The molecule has 1 unspecified atom stereocenters. The predicted molar refractivity (Wildman–Crippen MR) is 83.8 cm³/mol. The van der Waals surface area contributed by atoms with Crippen LogP contribution in [0.4, 0.5) is 5.82 Å². The summed E-state index contributed by atoms with van der Waals surface area (Å²) in [6, 6.07) is 0. The summed E-state index contributed by atoms with van der Waals surface area (Å²) in [6.07, 6.45) is 1.23. The largest absolute Gasteiger partial charge is 0.409 e. The number of hydrogen-bond acceptors (Lipinski definition) is 7. The van der Waals surface area contributed by atoms with Gasteiger partial charge in [-0.15, -0.1) is 0 Å². The van der Waals surface area contributed by atoms with Gasteiger partial charge in [-0.1, -0.05) is 5.16 Å². The average molecular weight is 333 g/mol. The van der Waals surface area contributed by atoms with E-state index in [2.05, 4.69) is 10.3 Å². The molecule has 0 amide bonds. The number of amidine groups is 1. The van der Waals surface area contributed by atoms with Crippen LogP contribution in [-0.2, 0) is 16.9 Å². The normalized spacial score (nSPS) is 20.8. The van der Waals surface area contributed by atoms with Crippen LogP contribution in [0, 0.1) is 6.92 Å². The smallest absolute Gasteiger partial charge is 0.175 e. The van der Waals surface area contributed by atoms with Gasteiger partial charge in [0.25, 0.3) is 0 Å². The second-order valence-corrected chi connectivity index (χ2v) is 8.30. The maximum Gasteiger partial charge on any atom is 0.175 e. The SMILES string of the molecule is Cc1nn(C)c(N2CCSCC2S(C)(=O)=O)c1C(N)=NO. The number of anilines is 1. The Bertz CT molecular complexity index is 668. The summed E-state index contributed by atoms with van der Waals surface area (Å²) in [4.78, 5) is 1.78. The lowest BCUT2D eigenvalue weighted by atomic mass is 10.2. The van der Waals surface area contributed by atoms with Crippen molar-refractivity contribution in [3.8, 4) is 0 Å². The van der Waals surface area contributed by atoms with E-state index in [1.54, 1.807) is 35.3 Å². The highest BCUT2D eigenvalue weighted by atomic mass is 32.2. The van der Waals surface area contributed by atoms with Crippen molar-refractivity contribution in [2.45, 2.75) is 12.3 Å². The fraction of sp³-hybridized carbons (Fsp3) is 0.636. The van der Waals surface area contributed by atoms with Gasteiger partial charge in [0, 0.05) is 31.4 Å². The van der Waals surface area contributed by atoms with Gasteiger partial charge in [-0.05, 0) is 6.92 Å². The molecule has 1 aromatic heterocycles. The van der Waals surface area contributed by atoms with Crippen molar-refractivity contribution in [2.24, 2.45) is 17.9 Å². The number of hydrogen-bond donors (Lipinski definition) is 2. The lowest BCUT2D eigenvalue weighted by Gasteiger charge is -2.36. The minimum atomic E-state index is -3.26. The van der Waals surface area contributed by atoms with Crippen LogP contribution in [0.2, 0.25) is 0 Å². The van der Waals surface area contributed by atoms with Gasteiger partial charge in [-0.3, -0.25) is 4.68 Å². The van der Waals surface area contributed by atoms with Crippen molar-refractivity contribution in [2.75, 3.05) is 29.2 Å². The fourth-order valence-electron chi connectivity index (χ4n) is 2.50. The molecular formula is C11H19N5O3S2. The van der Waals surface area contributed by atoms with Crippen LogP contribution in [0.15, 0.2) is 5.16 Å². The molecule has 0 aromatic carbocycles. The van der Waals surface area contributed by atoms with Gasteiger partial charge in [0.05, 0.1) is 11.3 Å². The zero-order chi connectivity index (χ0) is 15.8. The molecule has 0 saturated carbocycles. The van der Waals surface area contributed by atoms with E-state index in [-0.39, 0.29) is 5.84 Å². The molecule has 0 spiro atoms. The molecule has 2 rings (SSSR count). The maximum absolute atomic E-state index is 12.0. The molecule has 1 aliphatic rings. The summed E-state index contributed by atoms with van der Waals surface area (Å²) >= 11 is 1.60. The molecule has 1 saturated heterocycles. The number of aromatic nitrogens is 2. The summed E-state index contributed by atoms with van der Waals surface area (Å²) in [5.41, 5.74) is 6.80. The Morgan fingerprint density at radius 2 is 2.24 bits per heavy atom. The van der Waals surface area contributed by atoms with E-state index in [0.29, 0.717) is 29.4 Å². The van der Waals surface area contributed by atoms with E-state index in [4.69, 9.17) is 10.9 Å². The van der Waals surface area contributed by atoms with Crippen LogP contribution in [0.5, 0.6) is 0 Å². The number of thioether (sulfide) groups is 1. The number of nitrogens with zero attached hydrogens (tertiary/aromatic N) is 4. The number of rotatable bonds is 3. The summed E-state index contributed by atoms with van der Waals surface area (Å²) in [7, 11) is -1.54. The second-order valence-electron chi connectivity index (χ2n) is 4.95. The first-order valence-corrected chi connectivity index (χ1v) is 9.43. The lowest BCUT2D eigenvalue weighted by molar-refractivity contribution is 0.318. The molecule has 1 atom stereocenters. The van der Waals surface area contributed by atoms with E-state index in [9.17, 15) is 8.42 Å². The lowest BCUT2D eigenvalue weighted by Crippen LogP contribution is -2.48. The first-order valence-electron chi connectivity index (χ1n) is 6.32. The van der Waals surface area contributed by atoms with Crippen LogP contribution in [0.3, 0.4) is 0 Å². The molecule has 3 N–H and O–H groups in total. The van der Waals surface area contributed by atoms with Crippen molar-refractivity contribution in [3.63, 3.8) is 0 Å². The minimum Gasteiger partial charge on any atom is -0.409 e. The van der Waals surface area contributed by atoms with Crippen molar-refractivity contribution < 1.29 is 13.6 Å². The minimum absolute atomic E-state index is 0.0684. The Labute approximate surface area is 127 Å². The summed E-state index contributed by atoms with van der Waals surface area (Å²) in [6.45, 7) is 2.30. The van der Waals surface area contributed by atoms with Gasteiger partial charge in [0.15, 0.2) is 15.7 Å². The van der Waals surface area contributed by atoms with Crippen molar-refractivity contribution >= 4 is 33.3 Å². The number of sulfone groups is 1. The molecule has 1 fully saturated rings. The number of nitrogens with two attached hydrogens (primary N) is 1. The van der Waals surface area contributed by atoms with Crippen LogP contribution in [-0.4, -0.2) is 58.9 Å². The summed E-state index contributed by atoms with van der Waals surface area (Å²) in [5, 5.41) is 15.6. The van der Waals surface area contributed by atoms with E-state index >= 15 is 0 Å². The van der Waals surface area contributed by atoms with Crippen molar-refractivity contribution in [1.29, 1.82) is 0 Å². The van der Waals surface area contributed by atoms with E-state index in [1.807, 2.05) is 0 Å². The van der Waals surface area contributed by atoms with Gasteiger partial charge >= 0.3 is 0 Å². The zero-order valence-corrected chi connectivity index (χ0v) is 13.8. The molecule has 1 aliphatic heterocycles. The van der Waals surface area contributed by atoms with Gasteiger partial charge in [-0.2, -0.15) is 16.9 Å². The third kappa shape index (κ3) is 2.95. The molecule has 0 aliphatic carbocycles. The van der Waals surface area contributed by atoms with Gasteiger partial charge in [0.2, 0.25) is 0 Å². The second kappa shape index (κ2) is 5.76. The van der Waals surface area contributed by atoms with E-state index in [1.165, 1.54) is 6.26 Å². The maximum atomic E-state index is 12.0. The monoisotopic (exact) mass is 333 g/mol. The summed E-state index contributed by atoms with van der Waals surface area (Å²) < 4.78 is 25.7. The molecule has 1 aromatic rings. The Hall–Kier alpha value is -1.42. The zero-order valence-electron chi connectivity index (χ0n) is 12.1. The van der Waals surface area contributed by atoms with E-state index in [0.717, 1.165) is 5.75 Å². The number of aryl methyl sites for hydroxylation is 2. The first kappa shape index (κ1) is 16.0. The molecular weight excluding hydrogens is 314 g/mol. The third-order valence-corrected chi connectivity index (χ3v) is 6.05. The van der Waals surface area contributed by atoms with Crippen LogP contribution in [0.1, 0.15) is 11.3 Å².